The van der Waals surface area contributed by atoms with E-state index in [-0.39, 0.29) is 48.8 Å². The molecule has 2 amide bonds. The fourth-order valence-electron chi connectivity index (χ4n) is 6.64. The SMILES string of the molecule is O=C(NC1C2CCC(C2)C1C(=O)NCC1(C(=O)O)CC1)OCC1c2ccccc2-c2ccccc21. The third-order valence-corrected chi connectivity index (χ3v) is 8.76. The molecule has 4 aliphatic carbocycles. The van der Waals surface area contributed by atoms with Gasteiger partial charge in [-0.15, -0.1) is 0 Å². The molecule has 0 spiro atoms. The molecule has 3 saturated carbocycles. The lowest BCUT2D eigenvalue weighted by Gasteiger charge is -2.31. The van der Waals surface area contributed by atoms with Crippen LogP contribution in [0.1, 0.15) is 49.1 Å². The van der Waals surface area contributed by atoms with Crippen molar-refractivity contribution in [2.45, 2.75) is 44.1 Å². The summed E-state index contributed by atoms with van der Waals surface area (Å²) in [5, 5.41) is 15.3. The average Bonchev–Trinajstić information content (AvgIpc) is 3.24. The third-order valence-electron chi connectivity index (χ3n) is 8.76. The van der Waals surface area contributed by atoms with Gasteiger partial charge in [0.05, 0.1) is 11.3 Å². The van der Waals surface area contributed by atoms with Crippen LogP contribution in [0.3, 0.4) is 0 Å². The molecule has 7 nitrogen and oxygen atoms in total. The smallest absolute Gasteiger partial charge is 0.407 e. The Morgan fingerprint density at radius 1 is 0.943 bits per heavy atom. The Labute approximate surface area is 204 Å². The molecule has 3 N–H and O–H groups in total. The van der Waals surface area contributed by atoms with Crippen molar-refractivity contribution in [2.24, 2.45) is 23.2 Å². The summed E-state index contributed by atoms with van der Waals surface area (Å²) < 4.78 is 5.73. The first-order valence-corrected chi connectivity index (χ1v) is 12.6. The predicted octanol–water partition coefficient (Wildman–Crippen LogP) is 3.92. The lowest BCUT2D eigenvalue weighted by atomic mass is 9.83. The number of carbonyl (C=O) groups excluding carboxylic acids is 2. The maximum absolute atomic E-state index is 13.1. The van der Waals surface area contributed by atoms with Gasteiger partial charge in [-0.05, 0) is 66.2 Å². The van der Waals surface area contributed by atoms with Gasteiger partial charge < -0.3 is 20.5 Å². The number of nitrogens with one attached hydrogen (secondary N) is 2. The summed E-state index contributed by atoms with van der Waals surface area (Å²) in [5.41, 5.74) is 3.87. The van der Waals surface area contributed by atoms with Gasteiger partial charge >= 0.3 is 12.1 Å². The normalized spacial score (nSPS) is 27.1. The van der Waals surface area contributed by atoms with Crippen LogP contribution in [-0.4, -0.2) is 42.3 Å². The number of hydrogen-bond donors (Lipinski definition) is 3. The van der Waals surface area contributed by atoms with Crippen molar-refractivity contribution < 1.29 is 24.2 Å². The minimum atomic E-state index is -0.848. The molecule has 0 saturated heterocycles. The van der Waals surface area contributed by atoms with Gasteiger partial charge in [0.25, 0.3) is 0 Å². The first-order valence-electron chi connectivity index (χ1n) is 12.6. The van der Waals surface area contributed by atoms with Gasteiger partial charge in [-0.25, -0.2) is 4.79 Å². The van der Waals surface area contributed by atoms with Crippen LogP contribution in [0.5, 0.6) is 0 Å². The highest BCUT2D eigenvalue weighted by Crippen LogP contribution is 2.50. The zero-order chi connectivity index (χ0) is 24.2. The quantitative estimate of drug-likeness (QED) is 0.564. The molecule has 2 aromatic carbocycles. The zero-order valence-electron chi connectivity index (χ0n) is 19.5. The standard InChI is InChI=1S/C28H30N2O5/c31-25(29-15-28(11-12-28)26(32)33)23-16-9-10-17(13-16)24(23)30-27(34)35-14-22-20-7-3-1-5-18(20)19-6-2-4-8-21(19)22/h1-8,16-17,22-24H,9-15H2,(H,29,31)(H,30,34)(H,32,33). The first-order chi connectivity index (χ1) is 17.0. The Morgan fingerprint density at radius 3 is 2.20 bits per heavy atom. The Kier molecular flexibility index (Phi) is 5.31. The van der Waals surface area contributed by atoms with E-state index in [1.54, 1.807) is 0 Å². The minimum absolute atomic E-state index is 0.0157. The van der Waals surface area contributed by atoms with Crippen molar-refractivity contribution in [1.29, 1.82) is 0 Å². The van der Waals surface area contributed by atoms with E-state index in [4.69, 9.17) is 4.74 Å². The molecule has 6 rings (SSSR count). The van der Waals surface area contributed by atoms with E-state index in [1.165, 1.54) is 11.1 Å². The summed E-state index contributed by atoms with van der Waals surface area (Å²) in [4.78, 5) is 37.4. The lowest BCUT2D eigenvalue weighted by Crippen LogP contribution is -2.51. The maximum Gasteiger partial charge on any atom is 0.407 e. The molecule has 0 aromatic heterocycles. The molecule has 7 heteroatoms. The van der Waals surface area contributed by atoms with Crippen molar-refractivity contribution >= 4 is 18.0 Å². The fraction of sp³-hybridized carbons (Fsp3) is 0.464. The topological polar surface area (TPSA) is 105 Å². The molecule has 3 fully saturated rings. The largest absolute Gasteiger partial charge is 0.481 e. The second-order valence-electron chi connectivity index (χ2n) is 10.7. The van der Waals surface area contributed by atoms with E-state index in [9.17, 15) is 19.5 Å². The van der Waals surface area contributed by atoms with Crippen LogP contribution in [0.2, 0.25) is 0 Å². The van der Waals surface area contributed by atoms with E-state index in [1.807, 2.05) is 24.3 Å². The van der Waals surface area contributed by atoms with E-state index < -0.39 is 17.5 Å². The van der Waals surface area contributed by atoms with Gasteiger partial charge in [-0.3, -0.25) is 9.59 Å². The number of fused-ring (bicyclic) bond motifs is 5. The molecule has 0 radical (unpaired) electrons. The highest BCUT2D eigenvalue weighted by molar-refractivity contribution is 5.84. The van der Waals surface area contributed by atoms with Gasteiger partial charge in [0.1, 0.15) is 6.61 Å². The maximum atomic E-state index is 13.1. The van der Waals surface area contributed by atoms with E-state index in [0.717, 1.165) is 30.4 Å². The number of carbonyl (C=O) groups is 3. The molecule has 4 aliphatic rings. The highest BCUT2D eigenvalue weighted by atomic mass is 16.5. The van der Waals surface area contributed by atoms with Crippen molar-refractivity contribution in [2.75, 3.05) is 13.2 Å². The fourth-order valence-corrected chi connectivity index (χ4v) is 6.64. The summed E-state index contributed by atoms with van der Waals surface area (Å²) in [7, 11) is 0. The van der Waals surface area contributed by atoms with Gasteiger partial charge in [-0.2, -0.15) is 0 Å². The average molecular weight is 475 g/mol. The van der Waals surface area contributed by atoms with Crippen molar-refractivity contribution in [3.05, 3.63) is 59.7 Å². The van der Waals surface area contributed by atoms with Crippen molar-refractivity contribution in [3.8, 4) is 11.1 Å². The van der Waals surface area contributed by atoms with Crippen molar-refractivity contribution in [1.82, 2.24) is 10.6 Å². The molecule has 0 aliphatic heterocycles. The van der Waals surface area contributed by atoms with E-state index >= 15 is 0 Å². The number of carboxylic acids is 1. The van der Waals surface area contributed by atoms with Crippen LogP contribution >= 0.6 is 0 Å². The summed E-state index contributed by atoms with van der Waals surface area (Å²) in [6.07, 6.45) is 3.57. The number of amides is 2. The molecular formula is C28H30N2O5. The Hall–Kier alpha value is -3.35. The molecule has 2 bridgehead atoms. The highest BCUT2D eigenvalue weighted by Gasteiger charge is 2.54. The molecule has 182 valence electrons. The van der Waals surface area contributed by atoms with Crippen LogP contribution in [0.4, 0.5) is 4.79 Å². The number of hydrogen-bond acceptors (Lipinski definition) is 4. The number of rotatable bonds is 7. The Bertz CT molecular complexity index is 1140. The number of benzene rings is 2. The minimum Gasteiger partial charge on any atom is -0.481 e. The van der Waals surface area contributed by atoms with Crippen LogP contribution in [0.25, 0.3) is 11.1 Å². The molecule has 35 heavy (non-hydrogen) atoms. The zero-order valence-corrected chi connectivity index (χ0v) is 19.5. The van der Waals surface area contributed by atoms with Gasteiger partial charge in [-0.1, -0.05) is 48.5 Å². The number of carboxylic acid groups (broad SMARTS) is 1. The van der Waals surface area contributed by atoms with E-state index in [0.29, 0.717) is 12.8 Å². The lowest BCUT2D eigenvalue weighted by molar-refractivity contribution is -0.143. The van der Waals surface area contributed by atoms with Gasteiger partial charge in [0, 0.05) is 18.5 Å². The summed E-state index contributed by atoms with van der Waals surface area (Å²) in [6, 6.07) is 16.2. The van der Waals surface area contributed by atoms with Crippen LogP contribution in [-0.2, 0) is 14.3 Å². The number of alkyl carbamates (subject to hydrolysis) is 1. The molecule has 4 unspecified atom stereocenters. The van der Waals surface area contributed by atoms with Crippen LogP contribution in [0, 0.1) is 23.2 Å². The molecule has 2 aromatic rings. The number of aliphatic carboxylic acids is 1. The van der Waals surface area contributed by atoms with Crippen LogP contribution in [0.15, 0.2) is 48.5 Å². The van der Waals surface area contributed by atoms with Crippen molar-refractivity contribution in [3.63, 3.8) is 0 Å². The Balaban J connectivity index is 1.10. The molecular weight excluding hydrogens is 444 g/mol. The summed E-state index contributed by atoms with van der Waals surface area (Å²) in [5.74, 6) is -0.867. The number of ether oxygens (including phenoxy) is 1. The van der Waals surface area contributed by atoms with Gasteiger partial charge in [0.2, 0.25) is 5.91 Å². The first kappa shape index (κ1) is 22.1. The second-order valence-corrected chi connectivity index (χ2v) is 10.7. The van der Waals surface area contributed by atoms with Gasteiger partial charge in [0.15, 0.2) is 0 Å². The predicted molar refractivity (Wildman–Crippen MR) is 129 cm³/mol. The molecule has 0 heterocycles. The summed E-state index contributed by atoms with van der Waals surface area (Å²) in [6.45, 7) is 0.394. The second kappa shape index (κ2) is 8.40. The third kappa shape index (κ3) is 3.77. The van der Waals surface area contributed by atoms with Crippen LogP contribution < -0.4 is 10.6 Å². The summed E-state index contributed by atoms with van der Waals surface area (Å²) >= 11 is 0. The Morgan fingerprint density at radius 2 is 1.57 bits per heavy atom. The molecule has 4 atom stereocenters. The van der Waals surface area contributed by atoms with E-state index in [2.05, 4.69) is 34.9 Å². The monoisotopic (exact) mass is 474 g/mol.